The largest absolute Gasteiger partial charge is 0.349 e. The summed E-state index contributed by atoms with van der Waals surface area (Å²) in [5, 5.41) is 14.9. The van der Waals surface area contributed by atoms with Crippen LogP contribution >= 0.6 is 0 Å². The van der Waals surface area contributed by atoms with Crippen LogP contribution in [0.1, 0.15) is 80.5 Å². The predicted octanol–water partition coefficient (Wildman–Crippen LogP) is 2.95. The van der Waals surface area contributed by atoms with Crippen molar-refractivity contribution in [3.05, 3.63) is 42.0 Å². The van der Waals surface area contributed by atoms with Crippen molar-refractivity contribution in [2.75, 3.05) is 18.4 Å². The molecule has 2 fully saturated rings. The Morgan fingerprint density at radius 3 is 2.71 bits per heavy atom. The molecule has 4 heterocycles. The molecule has 0 unspecified atom stereocenters. The van der Waals surface area contributed by atoms with Crippen molar-refractivity contribution >= 4 is 23.3 Å². The first-order valence-corrected chi connectivity index (χ1v) is 12.2. The van der Waals surface area contributed by atoms with Gasteiger partial charge in [-0.15, -0.1) is 0 Å². The van der Waals surface area contributed by atoms with E-state index in [1.165, 1.54) is 0 Å². The minimum absolute atomic E-state index is 0.0249. The summed E-state index contributed by atoms with van der Waals surface area (Å²) in [4.78, 5) is 32.4. The van der Waals surface area contributed by atoms with Crippen molar-refractivity contribution in [2.45, 2.75) is 70.5 Å². The summed E-state index contributed by atoms with van der Waals surface area (Å²) in [5.74, 6) is 0.514. The van der Waals surface area contributed by atoms with Gasteiger partial charge >= 0.3 is 0 Å². The molecule has 0 spiro atoms. The number of carbonyl (C=O) groups excluding carboxylic acids is 2. The third-order valence-corrected chi connectivity index (χ3v) is 6.84. The Morgan fingerprint density at radius 2 is 1.91 bits per heavy atom. The van der Waals surface area contributed by atoms with Crippen molar-refractivity contribution < 1.29 is 9.59 Å². The normalized spacial score (nSPS) is 19.3. The molecule has 2 amide bonds. The summed E-state index contributed by atoms with van der Waals surface area (Å²) in [6.45, 7) is 5.15. The number of hydrogen-bond acceptors (Lipinski definition) is 6. The van der Waals surface area contributed by atoms with E-state index in [1.807, 2.05) is 26.0 Å². The smallest absolute Gasteiger partial charge is 0.256 e. The van der Waals surface area contributed by atoms with Crippen LogP contribution in [0.25, 0.3) is 5.65 Å². The van der Waals surface area contributed by atoms with Gasteiger partial charge in [-0.3, -0.25) is 14.5 Å². The van der Waals surface area contributed by atoms with E-state index in [-0.39, 0.29) is 36.5 Å². The van der Waals surface area contributed by atoms with Gasteiger partial charge in [0, 0.05) is 24.3 Å². The van der Waals surface area contributed by atoms with Crippen molar-refractivity contribution in [1.82, 2.24) is 34.6 Å². The summed E-state index contributed by atoms with van der Waals surface area (Å²) < 4.78 is 3.56. The van der Waals surface area contributed by atoms with Gasteiger partial charge in [-0.1, -0.05) is 12.8 Å². The number of aromatic nitrogens is 5. The lowest BCUT2D eigenvalue weighted by Gasteiger charge is -2.24. The first-order chi connectivity index (χ1) is 16.5. The molecule has 3 aromatic heterocycles. The average Bonchev–Trinajstić information content (AvgIpc) is 3.60. The predicted molar refractivity (Wildman–Crippen MR) is 127 cm³/mol. The Hall–Kier alpha value is -3.27. The van der Waals surface area contributed by atoms with E-state index in [0.717, 1.165) is 50.8 Å². The van der Waals surface area contributed by atoms with E-state index in [0.29, 0.717) is 17.0 Å². The van der Waals surface area contributed by atoms with Crippen LogP contribution in [0.5, 0.6) is 0 Å². The minimum Gasteiger partial charge on any atom is -0.349 e. The number of likely N-dealkylation sites (tertiary alicyclic amines) is 1. The highest BCUT2D eigenvalue weighted by molar-refractivity contribution is 5.99. The highest BCUT2D eigenvalue weighted by Gasteiger charge is 2.31. The van der Waals surface area contributed by atoms with E-state index in [2.05, 4.69) is 30.7 Å². The lowest BCUT2D eigenvalue weighted by Crippen LogP contribution is -2.34. The van der Waals surface area contributed by atoms with Gasteiger partial charge in [-0.2, -0.15) is 10.2 Å². The monoisotopic (exact) mass is 464 g/mol. The lowest BCUT2D eigenvalue weighted by atomic mass is 10.1. The fourth-order valence-electron chi connectivity index (χ4n) is 5.20. The number of nitrogens with zero attached hydrogens (tertiary/aromatic N) is 6. The highest BCUT2D eigenvalue weighted by atomic mass is 16.2. The topological polar surface area (TPSA) is 109 Å². The summed E-state index contributed by atoms with van der Waals surface area (Å²) in [6, 6.07) is 4.18. The Kier molecular flexibility index (Phi) is 6.32. The quantitative estimate of drug-likeness (QED) is 0.556. The maximum absolute atomic E-state index is 12.9. The van der Waals surface area contributed by atoms with Gasteiger partial charge in [0.1, 0.15) is 11.4 Å². The lowest BCUT2D eigenvalue weighted by molar-refractivity contribution is -0.117. The van der Waals surface area contributed by atoms with Crippen molar-refractivity contribution in [2.24, 2.45) is 0 Å². The molecule has 1 aliphatic carbocycles. The van der Waals surface area contributed by atoms with E-state index >= 15 is 0 Å². The maximum atomic E-state index is 12.9. The number of carbonyl (C=O) groups is 2. The van der Waals surface area contributed by atoms with Crippen molar-refractivity contribution in [1.29, 1.82) is 0 Å². The number of nitrogens with one attached hydrogen (secondary N) is 2. The molecule has 0 aromatic carbocycles. The molecule has 10 nitrogen and oxygen atoms in total. The molecule has 180 valence electrons. The molecular weight excluding hydrogens is 432 g/mol. The van der Waals surface area contributed by atoms with Crippen molar-refractivity contribution in [3.8, 4) is 0 Å². The molecule has 0 bridgehead atoms. The number of fused-ring (bicyclic) bond motifs is 1. The Balaban J connectivity index is 1.32. The second kappa shape index (κ2) is 9.54. The molecule has 2 aliphatic rings. The Labute approximate surface area is 198 Å². The molecule has 5 rings (SSSR count). The fourth-order valence-corrected chi connectivity index (χ4v) is 5.20. The summed E-state index contributed by atoms with van der Waals surface area (Å²) in [6.07, 6.45) is 11.3. The average molecular weight is 465 g/mol. The van der Waals surface area contributed by atoms with Gasteiger partial charge in [0.05, 0.1) is 30.7 Å². The molecule has 1 aliphatic heterocycles. The van der Waals surface area contributed by atoms with Crippen LogP contribution in [0.15, 0.2) is 30.7 Å². The van der Waals surface area contributed by atoms with Crippen molar-refractivity contribution in [3.63, 3.8) is 0 Å². The van der Waals surface area contributed by atoms with Gasteiger partial charge < -0.3 is 10.6 Å². The summed E-state index contributed by atoms with van der Waals surface area (Å²) in [5.41, 5.74) is 2.01. The Bertz CT molecular complexity index is 1180. The van der Waals surface area contributed by atoms with Crippen LogP contribution in [0.2, 0.25) is 0 Å². The maximum Gasteiger partial charge on any atom is 0.256 e. The molecular formula is C24H32N8O2. The van der Waals surface area contributed by atoms with Crippen LogP contribution in [-0.2, 0) is 4.79 Å². The van der Waals surface area contributed by atoms with E-state index in [1.54, 1.807) is 27.8 Å². The molecule has 10 heteroatoms. The van der Waals surface area contributed by atoms with Gasteiger partial charge in [0.2, 0.25) is 5.91 Å². The fraction of sp³-hybridized carbons (Fsp3) is 0.542. The van der Waals surface area contributed by atoms with Gasteiger partial charge in [-0.05, 0) is 52.1 Å². The molecule has 2 N–H and O–H groups in total. The molecule has 3 aromatic rings. The highest BCUT2D eigenvalue weighted by Crippen LogP contribution is 2.32. The van der Waals surface area contributed by atoms with Crippen LogP contribution in [0.4, 0.5) is 5.82 Å². The zero-order valence-electron chi connectivity index (χ0n) is 19.8. The SMILES string of the molecule is CC(C)n1nccc1NC(=O)CN1CCC[C@H]1c1ccnc2c(C(=O)NC3CCCC3)cnn12. The number of anilines is 1. The van der Waals surface area contributed by atoms with Crippen LogP contribution in [0.3, 0.4) is 0 Å². The number of amides is 2. The zero-order chi connectivity index (χ0) is 23.7. The number of rotatable bonds is 7. The van der Waals surface area contributed by atoms with Gasteiger partial charge in [0.15, 0.2) is 5.65 Å². The summed E-state index contributed by atoms with van der Waals surface area (Å²) in [7, 11) is 0. The second-order valence-electron chi connectivity index (χ2n) is 9.55. The zero-order valence-corrected chi connectivity index (χ0v) is 19.8. The minimum atomic E-state index is -0.115. The molecule has 34 heavy (non-hydrogen) atoms. The number of hydrogen-bond donors (Lipinski definition) is 2. The first kappa shape index (κ1) is 22.5. The summed E-state index contributed by atoms with van der Waals surface area (Å²) >= 11 is 0. The van der Waals surface area contributed by atoms with Gasteiger partial charge in [0.25, 0.3) is 5.91 Å². The van der Waals surface area contributed by atoms with E-state index in [9.17, 15) is 9.59 Å². The van der Waals surface area contributed by atoms with Crippen LogP contribution in [0, 0.1) is 0 Å². The van der Waals surface area contributed by atoms with E-state index < -0.39 is 0 Å². The molecule has 1 saturated heterocycles. The molecule has 1 saturated carbocycles. The molecule has 1 atom stereocenters. The Morgan fingerprint density at radius 1 is 1.09 bits per heavy atom. The standard InChI is InChI=1S/C24H32N8O2/c1-16(2)31-21(10-12-26-31)29-22(33)15-30-13-5-8-19(30)20-9-11-25-23-18(14-27-32(20)23)24(34)28-17-6-3-4-7-17/h9-12,14,16-17,19H,3-8,13,15H2,1-2H3,(H,28,34)(H,29,33)/t19-/m0/s1. The third kappa shape index (κ3) is 4.42. The van der Waals surface area contributed by atoms with E-state index in [4.69, 9.17) is 0 Å². The third-order valence-electron chi connectivity index (χ3n) is 6.84. The van der Waals surface area contributed by atoms with Crippen LogP contribution < -0.4 is 10.6 Å². The van der Waals surface area contributed by atoms with Gasteiger partial charge in [-0.25, -0.2) is 14.2 Å². The molecule has 0 radical (unpaired) electrons. The second-order valence-corrected chi connectivity index (χ2v) is 9.55. The van der Waals surface area contributed by atoms with Crippen LogP contribution in [-0.4, -0.2) is 60.2 Å². The first-order valence-electron chi connectivity index (χ1n) is 12.2.